The maximum atomic E-state index is 9.24. The van der Waals surface area contributed by atoms with Gasteiger partial charge in [-0.15, -0.1) is 0 Å². The molecule has 0 amide bonds. The van der Waals surface area contributed by atoms with Crippen LogP contribution in [0.1, 0.15) is 6.42 Å². The average Bonchev–Trinajstić information content (AvgIpc) is 2.53. The van der Waals surface area contributed by atoms with Gasteiger partial charge in [-0.3, -0.25) is 0 Å². The fraction of sp³-hybridized carbons (Fsp3) is 0.357. The van der Waals surface area contributed by atoms with Gasteiger partial charge >= 0.3 is 0 Å². The van der Waals surface area contributed by atoms with Crippen molar-refractivity contribution in [3.8, 4) is 0 Å². The van der Waals surface area contributed by atoms with E-state index < -0.39 is 0 Å². The molecule has 0 bridgehead atoms. The largest absolute Gasteiger partial charge is 0.396 e. The van der Waals surface area contributed by atoms with Crippen molar-refractivity contribution in [3.63, 3.8) is 0 Å². The van der Waals surface area contributed by atoms with E-state index in [1.807, 2.05) is 24.3 Å². The van der Waals surface area contributed by atoms with Crippen LogP contribution >= 0.6 is 23.2 Å². The molecule has 1 aromatic heterocycles. The van der Waals surface area contributed by atoms with Crippen LogP contribution < -0.4 is 16.0 Å². The van der Waals surface area contributed by atoms with Crippen molar-refractivity contribution in [2.24, 2.45) is 0 Å². The molecule has 1 aromatic carbocycles. The van der Waals surface area contributed by atoms with Crippen LogP contribution in [0.2, 0.25) is 10.3 Å². The van der Waals surface area contributed by atoms with Gasteiger partial charge in [0.15, 0.2) is 0 Å². The highest BCUT2D eigenvalue weighted by Crippen LogP contribution is 2.20. The third-order valence-electron chi connectivity index (χ3n) is 3.06. The number of aliphatic hydroxyl groups excluding tert-OH is 1. The van der Waals surface area contributed by atoms with Gasteiger partial charge in [0.05, 0.1) is 10.7 Å². The molecule has 23 heavy (non-hydrogen) atoms. The topological polar surface area (TPSA) is 95.0 Å². The number of hydrogen-bond acceptors (Lipinski definition) is 7. The minimum absolute atomic E-state index is 0.0274. The molecule has 0 saturated carbocycles. The summed E-state index contributed by atoms with van der Waals surface area (Å²) in [5.41, 5.74) is 0.823. The van der Waals surface area contributed by atoms with E-state index in [0.717, 1.165) is 5.69 Å². The second-order valence-corrected chi connectivity index (χ2v) is 5.46. The van der Waals surface area contributed by atoms with Crippen molar-refractivity contribution in [2.45, 2.75) is 12.5 Å². The second kappa shape index (κ2) is 8.71. The maximum absolute atomic E-state index is 9.24. The van der Waals surface area contributed by atoms with E-state index in [-0.39, 0.29) is 17.9 Å². The lowest BCUT2D eigenvalue weighted by molar-refractivity contribution is 0.280. The van der Waals surface area contributed by atoms with Crippen LogP contribution in [0.3, 0.4) is 0 Å². The first-order valence-electron chi connectivity index (χ1n) is 7.07. The van der Waals surface area contributed by atoms with Crippen LogP contribution in [0.15, 0.2) is 24.3 Å². The summed E-state index contributed by atoms with van der Waals surface area (Å²) >= 11 is 12.0. The number of aliphatic hydroxyl groups is 1. The Balaban J connectivity index is 2.04. The Hall–Kier alpha value is -1.83. The van der Waals surface area contributed by atoms with E-state index in [0.29, 0.717) is 29.9 Å². The number of nitrogens with zero attached hydrogens (tertiary/aromatic N) is 3. The predicted molar refractivity (Wildman–Crippen MR) is 93.4 cm³/mol. The van der Waals surface area contributed by atoms with Gasteiger partial charge in [0.1, 0.15) is 0 Å². The Kier molecular flexibility index (Phi) is 6.64. The Morgan fingerprint density at radius 3 is 2.57 bits per heavy atom. The summed E-state index contributed by atoms with van der Waals surface area (Å²) < 4.78 is 0. The zero-order chi connectivity index (χ0) is 16.7. The summed E-state index contributed by atoms with van der Waals surface area (Å²) in [6.07, 6.45) is 0.510. The van der Waals surface area contributed by atoms with E-state index in [1.165, 1.54) is 0 Å². The first kappa shape index (κ1) is 17.5. The van der Waals surface area contributed by atoms with Crippen molar-refractivity contribution in [1.29, 1.82) is 0 Å². The average molecular weight is 357 g/mol. The van der Waals surface area contributed by atoms with E-state index in [9.17, 15) is 5.11 Å². The van der Waals surface area contributed by atoms with Gasteiger partial charge in [0.2, 0.25) is 17.2 Å². The molecule has 0 saturated heterocycles. The van der Waals surface area contributed by atoms with Gasteiger partial charge in [0, 0.05) is 26.2 Å². The van der Waals surface area contributed by atoms with Crippen LogP contribution in [0.25, 0.3) is 0 Å². The Morgan fingerprint density at radius 1 is 1.13 bits per heavy atom. The molecule has 0 aliphatic rings. The smallest absolute Gasteiger partial charge is 0.229 e. The molecule has 0 fully saturated rings. The number of anilines is 3. The van der Waals surface area contributed by atoms with Crippen LogP contribution in [0.5, 0.6) is 0 Å². The van der Waals surface area contributed by atoms with Crippen LogP contribution in [0, 0.1) is 0 Å². The molecule has 4 N–H and O–H groups in total. The van der Waals surface area contributed by atoms with E-state index >= 15 is 0 Å². The Morgan fingerprint density at radius 2 is 1.87 bits per heavy atom. The summed E-state index contributed by atoms with van der Waals surface area (Å²) in [6, 6.07) is 7.34. The molecule has 0 spiro atoms. The Bertz CT molecular complexity index is 642. The third-order valence-corrected chi connectivity index (χ3v) is 3.55. The molecule has 1 heterocycles. The molecule has 1 unspecified atom stereocenters. The van der Waals surface area contributed by atoms with Gasteiger partial charge in [-0.1, -0.05) is 23.7 Å². The molecule has 0 aliphatic carbocycles. The van der Waals surface area contributed by atoms with Crippen LogP contribution in [0.4, 0.5) is 17.6 Å². The number of halogens is 2. The molecule has 7 nitrogen and oxygen atoms in total. The highest BCUT2D eigenvalue weighted by atomic mass is 35.5. The molecular formula is C14H18Cl2N6O. The number of benzene rings is 1. The lowest BCUT2D eigenvalue weighted by atomic mass is 10.2. The summed E-state index contributed by atoms with van der Waals surface area (Å²) in [5.74, 6) is 0.711. The molecule has 2 rings (SSSR count). The second-order valence-electron chi connectivity index (χ2n) is 4.72. The number of rotatable bonds is 8. The lowest BCUT2D eigenvalue weighted by Crippen LogP contribution is -2.30. The fourth-order valence-corrected chi connectivity index (χ4v) is 2.29. The number of hydrogen-bond donors (Lipinski definition) is 4. The molecule has 0 radical (unpaired) electrons. The van der Waals surface area contributed by atoms with E-state index in [1.54, 1.807) is 7.05 Å². The maximum Gasteiger partial charge on any atom is 0.229 e. The number of aromatic nitrogens is 3. The lowest BCUT2D eigenvalue weighted by Gasteiger charge is -2.19. The van der Waals surface area contributed by atoms with Gasteiger partial charge in [-0.25, -0.2) is 0 Å². The van der Waals surface area contributed by atoms with Gasteiger partial charge in [-0.2, -0.15) is 15.0 Å². The quantitative estimate of drug-likeness (QED) is 0.577. The molecule has 1 atom stereocenters. The summed E-state index contributed by atoms with van der Waals surface area (Å²) in [7, 11) is 1.69. The molecule has 124 valence electrons. The number of para-hydroxylation sites is 1. The highest BCUT2D eigenvalue weighted by molar-refractivity contribution is 6.33. The van der Waals surface area contributed by atoms with Crippen molar-refractivity contribution in [2.75, 3.05) is 36.1 Å². The summed E-state index contributed by atoms with van der Waals surface area (Å²) in [4.78, 5) is 12.1. The zero-order valence-electron chi connectivity index (χ0n) is 12.6. The van der Waals surface area contributed by atoms with Crippen LogP contribution in [-0.2, 0) is 0 Å². The van der Waals surface area contributed by atoms with Crippen molar-refractivity contribution in [1.82, 2.24) is 15.0 Å². The molecule has 9 heteroatoms. The fourth-order valence-electron chi connectivity index (χ4n) is 1.93. The van der Waals surface area contributed by atoms with Crippen molar-refractivity contribution >= 4 is 40.8 Å². The van der Waals surface area contributed by atoms with Gasteiger partial charge < -0.3 is 21.1 Å². The minimum Gasteiger partial charge on any atom is -0.396 e. The molecular weight excluding hydrogens is 339 g/mol. The molecule has 0 aliphatic heterocycles. The summed E-state index contributed by atoms with van der Waals surface area (Å²) in [5, 5.41) is 19.1. The number of nitrogens with one attached hydrogen (secondary N) is 3. The predicted octanol–water partition coefficient (Wildman–Crippen LogP) is 2.50. The highest BCUT2D eigenvalue weighted by Gasteiger charge is 2.12. The summed E-state index contributed by atoms with van der Waals surface area (Å²) in [6.45, 7) is 0.558. The van der Waals surface area contributed by atoms with E-state index in [2.05, 4.69) is 30.9 Å². The first-order valence-corrected chi connectivity index (χ1v) is 7.83. The van der Waals surface area contributed by atoms with Crippen molar-refractivity contribution < 1.29 is 5.11 Å². The van der Waals surface area contributed by atoms with Crippen LogP contribution in [-0.4, -0.2) is 46.3 Å². The monoisotopic (exact) mass is 356 g/mol. The zero-order valence-corrected chi connectivity index (χ0v) is 14.1. The third kappa shape index (κ3) is 5.38. The van der Waals surface area contributed by atoms with E-state index in [4.69, 9.17) is 23.2 Å². The Labute approximate surface area is 144 Å². The van der Waals surface area contributed by atoms with Crippen molar-refractivity contribution in [3.05, 3.63) is 34.6 Å². The normalized spacial score (nSPS) is 11.8. The minimum atomic E-state index is -0.112. The SMILES string of the molecule is CNc1nc(Cl)nc(NC(CCO)CNc2ccccc2Cl)n1. The first-order chi connectivity index (χ1) is 11.1. The molecule has 2 aromatic rings. The van der Waals surface area contributed by atoms with Gasteiger partial charge in [-0.05, 0) is 30.2 Å². The van der Waals surface area contributed by atoms with Gasteiger partial charge in [0.25, 0.3) is 0 Å². The standard InChI is InChI=1S/C14H18Cl2N6O/c1-17-13-20-12(16)21-14(22-13)19-9(6-7-23)8-18-11-5-3-2-4-10(11)15/h2-5,9,18,23H,6-8H2,1H3,(H2,17,19,20,21,22).